The molecule has 10 heteroatoms. The number of hydrogen-bond donors (Lipinski definition) is 2. The molecule has 0 aliphatic carbocycles. The molecule has 0 heterocycles. The Hall–Kier alpha value is -2.59. The van der Waals surface area contributed by atoms with E-state index in [0.29, 0.717) is 0 Å². The average molecular weight is 416 g/mol. The molecule has 1 amide bonds. The summed E-state index contributed by atoms with van der Waals surface area (Å²) in [6.45, 7) is -0.0495. The lowest BCUT2D eigenvalue weighted by Gasteiger charge is -2.13. The highest BCUT2D eigenvalue weighted by atomic mass is 32.2. The molecule has 2 aromatic rings. The van der Waals surface area contributed by atoms with Gasteiger partial charge in [-0.2, -0.15) is 13.2 Å². The van der Waals surface area contributed by atoms with Gasteiger partial charge in [0.05, 0.1) is 12.7 Å². The standard InChI is InChI=1S/C18H19F3N2O4S/c1-22-28(25,26)16-11-13(7-8-15(16)27-2)17(24)23-10-9-12-5-3-4-6-14(12)18(19,20)21/h3-8,11,22H,9-10H2,1-2H3,(H,23,24). The highest BCUT2D eigenvalue weighted by Gasteiger charge is 2.32. The van der Waals surface area contributed by atoms with Crippen molar-refractivity contribution in [2.75, 3.05) is 20.7 Å². The van der Waals surface area contributed by atoms with Crippen molar-refractivity contribution in [1.29, 1.82) is 0 Å². The third-order valence-electron chi connectivity index (χ3n) is 3.99. The second-order valence-corrected chi connectivity index (χ2v) is 7.59. The molecular formula is C18H19F3N2O4S. The summed E-state index contributed by atoms with van der Waals surface area (Å²) in [5.41, 5.74) is -0.654. The maximum absolute atomic E-state index is 13.0. The van der Waals surface area contributed by atoms with Crippen LogP contribution in [-0.4, -0.2) is 35.0 Å². The summed E-state index contributed by atoms with van der Waals surface area (Å²) in [6, 6.07) is 8.96. The van der Waals surface area contributed by atoms with E-state index in [9.17, 15) is 26.4 Å². The third-order valence-corrected chi connectivity index (χ3v) is 5.42. The highest BCUT2D eigenvalue weighted by Crippen LogP contribution is 2.32. The summed E-state index contributed by atoms with van der Waals surface area (Å²) in [4.78, 5) is 12.1. The molecule has 0 radical (unpaired) electrons. The molecule has 0 atom stereocenters. The van der Waals surface area contributed by atoms with Crippen LogP contribution in [0, 0.1) is 0 Å². The fourth-order valence-corrected chi connectivity index (χ4v) is 3.48. The zero-order valence-electron chi connectivity index (χ0n) is 15.1. The lowest BCUT2D eigenvalue weighted by molar-refractivity contribution is -0.138. The Kier molecular flexibility index (Phi) is 6.68. The molecule has 0 aliphatic heterocycles. The summed E-state index contributed by atoms with van der Waals surface area (Å²) < 4.78 is 70.2. The molecule has 0 bridgehead atoms. The van der Waals surface area contributed by atoms with Crippen molar-refractivity contribution >= 4 is 15.9 Å². The molecule has 2 aromatic carbocycles. The molecule has 6 nitrogen and oxygen atoms in total. The minimum Gasteiger partial charge on any atom is -0.495 e. The smallest absolute Gasteiger partial charge is 0.416 e. The Morgan fingerprint density at radius 2 is 1.82 bits per heavy atom. The minimum atomic E-state index is -4.48. The molecule has 0 saturated carbocycles. The van der Waals surface area contributed by atoms with E-state index < -0.39 is 27.7 Å². The van der Waals surface area contributed by atoms with E-state index in [0.717, 1.165) is 12.1 Å². The first-order valence-electron chi connectivity index (χ1n) is 8.15. The Labute approximate surface area is 160 Å². The minimum absolute atomic E-state index is 0.0285. The van der Waals surface area contributed by atoms with Gasteiger partial charge in [-0.3, -0.25) is 4.79 Å². The summed E-state index contributed by atoms with van der Waals surface area (Å²) in [5.74, 6) is -0.551. The maximum Gasteiger partial charge on any atom is 0.416 e. The van der Waals surface area contributed by atoms with E-state index >= 15 is 0 Å². The second kappa shape index (κ2) is 8.61. The predicted octanol–water partition coefficient (Wildman–Crippen LogP) is 2.59. The summed E-state index contributed by atoms with van der Waals surface area (Å²) in [6.07, 6.45) is -4.51. The van der Waals surface area contributed by atoms with Crippen LogP contribution in [-0.2, 0) is 22.6 Å². The van der Waals surface area contributed by atoms with Gasteiger partial charge in [0.15, 0.2) is 0 Å². The van der Waals surface area contributed by atoms with E-state index in [4.69, 9.17) is 4.74 Å². The number of alkyl halides is 3. The normalized spacial score (nSPS) is 11.9. The van der Waals surface area contributed by atoms with Crippen LogP contribution in [0.1, 0.15) is 21.5 Å². The van der Waals surface area contributed by atoms with Crippen LogP contribution in [0.2, 0.25) is 0 Å². The third kappa shape index (κ3) is 5.02. The number of nitrogens with one attached hydrogen (secondary N) is 2. The first kappa shape index (κ1) is 21.7. The van der Waals surface area contributed by atoms with E-state index in [-0.39, 0.29) is 34.7 Å². The first-order valence-corrected chi connectivity index (χ1v) is 9.63. The molecule has 0 spiro atoms. The van der Waals surface area contributed by atoms with E-state index in [1.807, 2.05) is 0 Å². The van der Waals surface area contributed by atoms with Gasteiger partial charge in [-0.15, -0.1) is 0 Å². The molecule has 152 valence electrons. The monoisotopic (exact) mass is 416 g/mol. The van der Waals surface area contributed by atoms with E-state index in [1.165, 1.54) is 44.5 Å². The van der Waals surface area contributed by atoms with Crippen LogP contribution >= 0.6 is 0 Å². The number of benzene rings is 2. The fraction of sp³-hybridized carbons (Fsp3) is 0.278. The molecule has 0 aromatic heterocycles. The molecule has 0 fully saturated rings. The van der Waals surface area contributed by atoms with E-state index in [2.05, 4.69) is 10.0 Å². The number of ether oxygens (including phenoxy) is 1. The summed E-state index contributed by atoms with van der Waals surface area (Å²) in [5, 5.41) is 2.50. The van der Waals surface area contributed by atoms with Gasteiger partial charge in [-0.25, -0.2) is 13.1 Å². The molecular weight excluding hydrogens is 397 g/mol. The number of halogens is 3. The largest absolute Gasteiger partial charge is 0.495 e. The van der Waals surface area contributed by atoms with Crippen LogP contribution in [0.25, 0.3) is 0 Å². The molecule has 28 heavy (non-hydrogen) atoms. The van der Waals surface area contributed by atoms with Crippen molar-refractivity contribution in [2.24, 2.45) is 0 Å². The Morgan fingerprint density at radius 1 is 1.14 bits per heavy atom. The van der Waals surface area contributed by atoms with Gasteiger partial charge in [0.25, 0.3) is 5.91 Å². The Bertz CT molecular complexity index is 960. The zero-order valence-corrected chi connectivity index (χ0v) is 15.9. The summed E-state index contributed by atoms with van der Waals surface area (Å²) >= 11 is 0. The van der Waals surface area contributed by atoms with Gasteiger partial charge in [0.2, 0.25) is 10.0 Å². The van der Waals surface area contributed by atoms with Crippen LogP contribution in [0.4, 0.5) is 13.2 Å². The summed E-state index contributed by atoms with van der Waals surface area (Å²) in [7, 11) is -1.35. The van der Waals surface area contributed by atoms with Crippen LogP contribution in [0.15, 0.2) is 47.4 Å². The molecule has 2 N–H and O–H groups in total. The lowest BCUT2D eigenvalue weighted by atomic mass is 10.0. The predicted molar refractivity (Wildman–Crippen MR) is 96.7 cm³/mol. The van der Waals surface area contributed by atoms with Crippen molar-refractivity contribution in [3.8, 4) is 5.75 Å². The second-order valence-electron chi connectivity index (χ2n) is 5.73. The van der Waals surface area contributed by atoms with Crippen molar-refractivity contribution in [1.82, 2.24) is 10.0 Å². The van der Waals surface area contributed by atoms with Crippen molar-refractivity contribution < 1.29 is 31.1 Å². The molecule has 0 unspecified atom stereocenters. The Morgan fingerprint density at radius 3 is 2.43 bits per heavy atom. The molecule has 2 rings (SSSR count). The van der Waals surface area contributed by atoms with Crippen molar-refractivity contribution in [3.63, 3.8) is 0 Å². The quantitative estimate of drug-likeness (QED) is 0.727. The van der Waals surface area contributed by atoms with Gasteiger partial charge >= 0.3 is 6.18 Å². The highest BCUT2D eigenvalue weighted by molar-refractivity contribution is 7.89. The number of carbonyl (C=O) groups excluding carboxylic acids is 1. The number of methoxy groups -OCH3 is 1. The van der Waals surface area contributed by atoms with Gasteiger partial charge in [0, 0.05) is 12.1 Å². The number of rotatable bonds is 7. The SMILES string of the molecule is CNS(=O)(=O)c1cc(C(=O)NCCc2ccccc2C(F)(F)F)ccc1OC. The van der Waals surface area contributed by atoms with Gasteiger partial charge < -0.3 is 10.1 Å². The molecule has 0 saturated heterocycles. The van der Waals surface area contributed by atoms with Gasteiger partial charge in [-0.1, -0.05) is 18.2 Å². The van der Waals surface area contributed by atoms with Crippen LogP contribution in [0.3, 0.4) is 0 Å². The zero-order chi connectivity index (χ0) is 20.9. The maximum atomic E-state index is 13.0. The number of hydrogen-bond acceptors (Lipinski definition) is 4. The van der Waals surface area contributed by atoms with E-state index in [1.54, 1.807) is 0 Å². The van der Waals surface area contributed by atoms with Crippen LogP contribution in [0.5, 0.6) is 5.75 Å². The van der Waals surface area contributed by atoms with Crippen molar-refractivity contribution in [2.45, 2.75) is 17.5 Å². The Balaban J connectivity index is 2.14. The fourth-order valence-electron chi connectivity index (χ4n) is 2.57. The number of sulfonamides is 1. The van der Waals surface area contributed by atoms with Crippen LogP contribution < -0.4 is 14.8 Å². The van der Waals surface area contributed by atoms with Gasteiger partial charge in [-0.05, 0) is 43.3 Å². The van der Waals surface area contributed by atoms with Gasteiger partial charge in [0.1, 0.15) is 10.6 Å². The molecule has 0 aliphatic rings. The first-order chi connectivity index (χ1) is 13.1. The average Bonchev–Trinajstić information content (AvgIpc) is 2.67. The number of amides is 1. The topological polar surface area (TPSA) is 84.5 Å². The number of carbonyl (C=O) groups is 1. The van der Waals surface area contributed by atoms with Crippen molar-refractivity contribution in [3.05, 3.63) is 59.2 Å². The lowest BCUT2D eigenvalue weighted by Crippen LogP contribution is -2.27.